The van der Waals surface area contributed by atoms with Crippen LogP contribution >= 0.6 is 11.3 Å². The summed E-state index contributed by atoms with van der Waals surface area (Å²) in [4.78, 5) is 16.0. The molecule has 2 N–H and O–H groups in total. The molecule has 0 spiro atoms. The Morgan fingerprint density at radius 3 is 2.58 bits per heavy atom. The summed E-state index contributed by atoms with van der Waals surface area (Å²) in [6.07, 6.45) is 2.49. The van der Waals surface area contributed by atoms with Gasteiger partial charge in [0.25, 0.3) is 5.91 Å². The van der Waals surface area contributed by atoms with Crippen LogP contribution in [0.1, 0.15) is 28.1 Å². The van der Waals surface area contributed by atoms with E-state index in [0.717, 1.165) is 11.5 Å². The second-order valence-corrected chi connectivity index (χ2v) is 6.16. The first kappa shape index (κ1) is 13.7. The molecule has 19 heavy (non-hydrogen) atoms. The van der Waals surface area contributed by atoms with E-state index in [4.69, 9.17) is 5.73 Å². The summed E-state index contributed by atoms with van der Waals surface area (Å²) in [5.41, 5.74) is 6.69. The van der Waals surface area contributed by atoms with Crippen molar-refractivity contribution < 1.29 is 4.79 Å². The molecule has 0 atom stereocenters. The first-order valence-electron chi connectivity index (χ1n) is 6.20. The molecule has 0 radical (unpaired) electrons. The van der Waals surface area contributed by atoms with Gasteiger partial charge in [0.2, 0.25) is 0 Å². The van der Waals surface area contributed by atoms with Gasteiger partial charge >= 0.3 is 0 Å². The molecule has 1 aromatic rings. The van der Waals surface area contributed by atoms with Crippen molar-refractivity contribution in [3.8, 4) is 6.07 Å². The van der Waals surface area contributed by atoms with Gasteiger partial charge in [-0.2, -0.15) is 5.26 Å². The maximum absolute atomic E-state index is 12.0. The van der Waals surface area contributed by atoms with Gasteiger partial charge < -0.3 is 15.5 Å². The number of hydrogen-bond donors (Lipinski definition) is 1. The molecule has 1 aliphatic carbocycles. The lowest BCUT2D eigenvalue weighted by atomic mass is 10.2. The van der Waals surface area contributed by atoms with Crippen LogP contribution in [-0.2, 0) is 0 Å². The number of rotatable bonds is 4. The minimum Gasteiger partial charge on any atom is -0.396 e. The normalized spacial score (nSPS) is 14.0. The lowest BCUT2D eigenvalue weighted by Gasteiger charge is -2.17. The minimum absolute atomic E-state index is 0.148. The summed E-state index contributed by atoms with van der Waals surface area (Å²) in [5, 5.41) is 10.1. The van der Waals surface area contributed by atoms with Crippen molar-refractivity contribution in [3.63, 3.8) is 0 Å². The predicted octanol–water partition coefficient (Wildman–Crippen LogP) is 1.75. The highest BCUT2D eigenvalue weighted by Crippen LogP contribution is 2.39. The van der Waals surface area contributed by atoms with Crippen molar-refractivity contribution in [1.82, 2.24) is 4.90 Å². The van der Waals surface area contributed by atoms with Gasteiger partial charge in [0.15, 0.2) is 0 Å². The first-order valence-corrected chi connectivity index (χ1v) is 7.02. The van der Waals surface area contributed by atoms with Gasteiger partial charge in [-0.15, -0.1) is 11.3 Å². The van der Waals surface area contributed by atoms with Crippen LogP contribution < -0.4 is 10.6 Å². The number of anilines is 2. The molecule has 102 valence electrons. The van der Waals surface area contributed by atoms with Crippen LogP contribution in [0.2, 0.25) is 0 Å². The van der Waals surface area contributed by atoms with E-state index in [2.05, 4.69) is 6.07 Å². The quantitative estimate of drug-likeness (QED) is 0.910. The Morgan fingerprint density at radius 2 is 2.11 bits per heavy atom. The molecule has 1 saturated carbocycles. The molecule has 1 amide bonds. The van der Waals surface area contributed by atoms with Gasteiger partial charge in [-0.05, 0) is 18.8 Å². The van der Waals surface area contributed by atoms with Crippen molar-refractivity contribution in [2.75, 3.05) is 38.3 Å². The van der Waals surface area contributed by atoms with Gasteiger partial charge in [-0.1, -0.05) is 0 Å². The van der Waals surface area contributed by atoms with Crippen LogP contribution in [0, 0.1) is 17.2 Å². The average Bonchev–Trinajstić information content (AvgIpc) is 3.10. The maximum Gasteiger partial charge on any atom is 0.265 e. The molecule has 0 aliphatic heterocycles. The molecule has 1 heterocycles. The Balaban J connectivity index is 2.35. The number of carbonyl (C=O) groups is 1. The monoisotopic (exact) mass is 278 g/mol. The van der Waals surface area contributed by atoms with Gasteiger partial charge in [-0.3, -0.25) is 4.79 Å². The summed E-state index contributed by atoms with van der Waals surface area (Å²) >= 11 is 1.31. The van der Waals surface area contributed by atoms with Crippen molar-refractivity contribution in [1.29, 1.82) is 5.26 Å². The minimum atomic E-state index is -0.148. The second-order valence-electron chi connectivity index (χ2n) is 5.16. The number of thiophene rings is 1. The zero-order valence-electron chi connectivity index (χ0n) is 11.4. The van der Waals surface area contributed by atoms with Crippen LogP contribution in [0.5, 0.6) is 0 Å². The van der Waals surface area contributed by atoms with Crippen LogP contribution in [0.25, 0.3) is 0 Å². The third-order valence-electron chi connectivity index (χ3n) is 3.21. The molecule has 5 nitrogen and oxygen atoms in total. The summed E-state index contributed by atoms with van der Waals surface area (Å²) < 4.78 is 0. The van der Waals surface area contributed by atoms with Crippen LogP contribution in [-0.4, -0.2) is 38.5 Å². The molecular formula is C13H18N4OS. The molecule has 0 saturated heterocycles. The number of carbonyl (C=O) groups excluding carboxylic acids is 1. The fourth-order valence-electron chi connectivity index (χ4n) is 1.94. The molecule has 0 bridgehead atoms. The van der Waals surface area contributed by atoms with Crippen LogP contribution in [0.3, 0.4) is 0 Å². The standard InChI is InChI=1S/C13H18N4OS/c1-16(2)12(18)11-10(15)9(6-14)13(19-11)17(3)7-8-4-5-8/h8H,4-5,7,15H2,1-3H3. The van der Waals surface area contributed by atoms with E-state index in [1.807, 2.05) is 11.9 Å². The number of nitrogens with two attached hydrogens (primary N) is 1. The number of nitrogens with zero attached hydrogens (tertiary/aromatic N) is 3. The van der Waals surface area contributed by atoms with E-state index in [9.17, 15) is 10.1 Å². The Morgan fingerprint density at radius 1 is 1.47 bits per heavy atom. The van der Waals surface area contributed by atoms with E-state index in [-0.39, 0.29) is 5.91 Å². The van der Waals surface area contributed by atoms with E-state index in [1.165, 1.54) is 29.1 Å². The lowest BCUT2D eigenvalue weighted by molar-refractivity contribution is 0.0833. The molecule has 0 unspecified atom stereocenters. The van der Waals surface area contributed by atoms with Crippen LogP contribution in [0.4, 0.5) is 10.7 Å². The smallest absolute Gasteiger partial charge is 0.265 e. The summed E-state index contributed by atoms with van der Waals surface area (Å²) in [7, 11) is 5.32. The molecule has 1 aromatic heterocycles. The molecule has 0 aromatic carbocycles. The lowest BCUT2D eigenvalue weighted by Crippen LogP contribution is -2.21. The van der Waals surface area contributed by atoms with E-state index >= 15 is 0 Å². The predicted molar refractivity (Wildman–Crippen MR) is 77.5 cm³/mol. The highest BCUT2D eigenvalue weighted by molar-refractivity contribution is 7.19. The molecular weight excluding hydrogens is 260 g/mol. The first-order chi connectivity index (χ1) is 8.95. The SMILES string of the molecule is CN(C)C(=O)c1sc(N(C)CC2CC2)c(C#N)c1N. The number of hydrogen-bond acceptors (Lipinski definition) is 5. The van der Waals surface area contributed by atoms with E-state index in [1.54, 1.807) is 14.1 Å². The van der Waals surface area contributed by atoms with Crippen molar-refractivity contribution in [3.05, 3.63) is 10.4 Å². The largest absolute Gasteiger partial charge is 0.396 e. The fourth-order valence-corrected chi connectivity index (χ4v) is 3.10. The van der Waals surface area contributed by atoms with Crippen molar-refractivity contribution in [2.45, 2.75) is 12.8 Å². The average molecular weight is 278 g/mol. The summed E-state index contributed by atoms with van der Waals surface area (Å²) in [6.45, 7) is 0.921. The topological polar surface area (TPSA) is 73.4 Å². The Hall–Kier alpha value is -1.74. The van der Waals surface area contributed by atoms with Crippen molar-refractivity contribution >= 4 is 27.9 Å². The number of nitrogen functional groups attached to an aromatic ring is 1. The van der Waals surface area contributed by atoms with Gasteiger partial charge in [0, 0.05) is 27.7 Å². The van der Waals surface area contributed by atoms with Crippen molar-refractivity contribution in [2.24, 2.45) is 5.92 Å². The summed E-state index contributed by atoms with van der Waals surface area (Å²) in [6, 6.07) is 2.13. The van der Waals surface area contributed by atoms with E-state index < -0.39 is 0 Å². The Bertz CT molecular complexity index is 540. The van der Waals surface area contributed by atoms with Gasteiger partial charge in [0.1, 0.15) is 21.5 Å². The highest BCUT2D eigenvalue weighted by Gasteiger charge is 2.28. The number of nitriles is 1. The molecule has 2 rings (SSSR count). The third-order valence-corrected chi connectivity index (χ3v) is 4.52. The van der Waals surface area contributed by atoms with Gasteiger partial charge in [0.05, 0.1) is 5.69 Å². The highest BCUT2D eigenvalue weighted by atomic mass is 32.1. The van der Waals surface area contributed by atoms with Gasteiger partial charge in [-0.25, -0.2) is 0 Å². The van der Waals surface area contributed by atoms with E-state index in [0.29, 0.717) is 22.0 Å². The Labute approximate surface area is 117 Å². The molecule has 1 aliphatic rings. The van der Waals surface area contributed by atoms with Crippen LogP contribution in [0.15, 0.2) is 0 Å². The Kier molecular flexibility index (Phi) is 3.67. The maximum atomic E-state index is 12.0. The summed E-state index contributed by atoms with van der Waals surface area (Å²) in [5.74, 6) is 0.568. The number of amides is 1. The zero-order valence-corrected chi connectivity index (χ0v) is 12.3. The zero-order chi connectivity index (χ0) is 14.2. The third kappa shape index (κ3) is 2.66. The molecule has 1 fully saturated rings. The fraction of sp³-hybridized carbons (Fsp3) is 0.538. The second kappa shape index (κ2) is 5.10. The molecule has 6 heteroatoms.